The third-order valence-electron chi connectivity index (χ3n) is 4.85. The Morgan fingerprint density at radius 3 is 2.53 bits per heavy atom. The molecule has 2 aromatic carbocycles. The number of hydrogen-bond acceptors (Lipinski definition) is 5. The van der Waals surface area contributed by atoms with E-state index < -0.39 is 5.60 Å². The molecule has 7 heteroatoms. The second-order valence-corrected chi connectivity index (χ2v) is 7.66. The molecule has 0 fully saturated rings. The molecule has 0 unspecified atom stereocenters. The number of aryl methyl sites for hydroxylation is 1. The first-order chi connectivity index (χ1) is 14.3. The second-order valence-electron chi connectivity index (χ2n) is 7.66. The van der Waals surface area contributed by atoms with Crippen LogP contribution in [-0.4, -0.2) is 44.2 Å². The predicted octanol–water partition coefficient (Wildman–Crippen LogP) is 3.09. The smallest absolute Gasteiger partial charge is 0.270 e. The zero-order valence-corrected chi connectivity index (χ0v) is 17.9. The predicted molar refractivity (Wildman–Crippen MR) is 114 cm³/mol. The molecule has 0 saturated heterocycles. The van der Waals surface area contributed by atoms with Crippen LogP contribution in [0, 0.1) is 6.92 Å². The van der Waals surface area contributed by atoms with Gasteiger partial charge in [0.2, 0.25) is 5.91 Å². The van der Waals surface area contributed by atoms with E-state index in [9.17, 15) is 9.59 Å². The van der Waals surface area contributed by atoms with Gasteiger partial charge in [0.1, 0.15) is 23.9 Å². The summed E-state index contributed by atoms with van der Waals surface area (Å²) in [6, 6.07) is 13.0. The van der Waals surface area contributed by atoms with Gasteiger partial charge >= 0.3 is 0 Å². The SMILES string of the molecule is COc1ccc(OCCNC(=O)CCN2C(=O)C(C)(C)Oc3ccc(C)cc32)cc1. The summed E-state index contributed by atoms with van der Waals surface area (Å²) in [6.07, 6.45) is 0.192. The summed E-state index contributed by atoms with van der Waals surface area (Å²) < 4.78 is 16.6. The van der Waals surface area contributed by atoms with Crippen molar-refractivity contribution in [2.24, 2.45) is 0 Å². The van der Waals surface area contributed by atoms with E-state index in [4.69, 9.17) is 14.2 Å². The Morgan fingerprint density at radius 2 is 1.83 bits per heavy atom. The number of carbonyl (C=O) groups excluding carboxylic acids is 2. The van der Waals surface area contributed by atoms with Gasteiger partial charge in [-0.05, 0) is 62.7 Å². The first-order valence-corrected chi connectivity index (χ1v) is 9.95. The van der Waals surface area contributed by atoms with Gasteiger partial charge in [-0.3, -0.25) is 9.59 Å². The van der Waals surface area contributed by atoms with Gasteiger partial charge in [0.05, 0.1) is 19.3 Å². The van der Waals surface area contributed by atoms with Gasteiger partial charge in [-0.25, -0.2) is 0 Å². The maximum absolute atomic E-state index is 12.8. The molecule has 2 aromatic rings. The monoisotopic (exact) mass is 412 g/mol. The summed E-state index contributed by atoms with van der Waals surface area (Å²) in [5.41, 5.74) is 0.759. The molecule has 30 heavy (non-hydrogen) atoms. The Balaban J connectivity index is 1.50. The van der Waals surface area contributed by atoms with Crippen molar-refractivity contribution in [3.63, 3.8) is 0 Å². The van der Waals surface area contributed by atoms with Gasteiger partial charge in [-0.15, -0.1) is 0 Å². The quantitative estimate of drug-likeness (QED) is 0.675. The van der Waals surface area contributed by atoms with Crippen LogP contribution in [0.15, 0.2) is 42.5 Å². The number of ether oxygens (including phenoxy) is 3. The molecular weight excluding hydrogens is 384 g/mol. The summed E-state index contributed by atoms with van der Waals surface area (Å²) in [5, 5.41) is 2.83. The van der Waals surface area contributed by atoms with Gasteiger partial charge in [-0.1, -0.05) is 6.07 Å². The summed E-state index contributed by atoms with van der Waals surface area (Å²) in [6.45, 7) is 6.45. The van der Waals surface area contributed by atoms with Crippen LogP contribution in [0.3, 0.4) is 0 Å². The zero-order chi connectivity index (χ0) is 21.7. The average molecular weight is 412 g/mol. The zero-order valence-electron chi connectivity index (χ0n) is 17.9. The number of amides is 2. The summed E-state index contributed by atoms with van der Waals surface area (Å²) >= 11 is 0. The molecule has 0 radical (unpaired) electrons. The normalized spacial score (nSPS) is 14.5. The highest BCUT2D eigenvalue weighted by Crippen LogP contribution is 2.38. The van der Waals surface area contributed by atoms with Crippen LogP contribution < -0.4 is 24.4 Å². The van der Waals surface area contributed by atoms with E-state index in [0.717, 1.165) is 11.3 Å². The van der Waals surface area contributed by atoms with Crippen molar-refractivity contribution < 1.29 is 23.8 Å². The number of hydrogen-bond donors (Lipinski definition) is 1. The summed E-state index contributed by atoms with van der Waals surface area (Å²) in [5.74, 6) is 1.82. The van der Waals surface area contributed by atoms with Crippen molar-refractivity contribution in [2.45, 2.75) is 32.8 Å². The molecule has 0 aliphatic carbocycles. The third kappa shape index (κ3) is 5.03. The van der Waals surface area contributed by atoms with Crippen LogP contribution in [0.1, 0.15) is 25.8 Å². The lowest BCUT2D eigenvalue weighted by molar-refractivity contribution is -0.132. The van der Waals surface area contributed by atoms with Crippen LogP contribution in [0.2, 0.25) is 0 Å². The molecule has 1 heterocycles. The Kier molecular flexibility index (Phi) is 6.50. The number of fused-ring (bicyclic) bond motifs is 1. The molecule has 160 valence electrons. The first-order valence-electron chi connectivity index (χ1n) is 9.95. The van der Waals surface area contributed by atoms with Crippen molar-refractivity contribution in [3.8, 4) is 17.2 Å². The highest BCUT2D eigenvalue weighted by molar-refractivity contribution is 6.02. The summed E-state index contributed by atoms with van der Waals surface area (Å²) in [4.78, 5) is 26.8. The maximum Gasteiger partial charge on any atom is 0.270 e. The topological polar surface area (TPSA) is 77.1 Å². The van der Waals surface area contributed by atoms with Crippen molar-refractivity contribution in [1.29, 1.82) is 0 Å². The molecule has 1 N–H and O–H groups in total. The number of anilines is 1. The number of methoxy groups -OCH3 is 1. The molecule has 7 nitrogen and oxygen atoms in total. The van der Waals surface area contributed by atoms with Crippen molar-refractivity contribution >= 4 is 17.5 Å². The van der Waals surface area contributed by atoms with Gasteiger partial charge in [0.25, 0.3) is 5.91 Å². The first kappa shape index (κ1) is 21.5. The molecule has 0 atom stereocenters. The molecule has 0 aromatic heterocycles. The van der Waals surface area contributed by atoms with Crippen LogP contribution in [0.4, 0.5) is 5.69 Å². The van der Waals surface area contributed by atoms with E-state index in [1.807, 2.05) is 49.4 Å². The summed E-state index contributed by atoms with van der Waals surface area (Å²) in [7, 11) is 1.61. The fourth-order valence-electron chi connectivity index (χ4n) is 3.23. The van der Waals surface area contributed by atoms with E-state index >= 15 is 0 Å². The van der Waals surface area contributed by atoms with Crippen molar-refractivity contribution in [1.82, 2.24) is 5.32 Å². The number of nitrogens with zero attached hydrogens (tertiary/aromatic N) is 1. The Morgan fingerprint density at radius 1 is 1.13 bits per heavy atom. The standard InChI is InChI=1S/C23H28N2O5/c1-16-5-10-20-19(15-16)25(22(27)23(2,3)30-20)13-11-21(26)24-12-14-29-18-8-6-17(28-4)7-9-18/h5-10,15H,11-14H2,1-4H3,(H,24,26). The fraction of sp³-hybridized carbons (Fsp3) is 0.391. The molecule has 1 aliphatic heterocycles. The second kappa shape index (κ2) is 9.07. The van der Waals surface area contributed by atoms with Gasteiger partial charge in [0, 0.05) is 13.0 Å². The highest BCUT2D eigenvalue weighted by Gasteiger charge is 2.40. The van der Waals surface area contributed by atoms with Crippen LogP contribution in [0.25, 0.3) is 0 Å². The Hall–Kier alpha value is -3.22. The molecule has 0 bridgehead atoms. The Labute approximate surface area is 176 Å². The number of carbonyl (C=O) groups is 2. The molecule has 1 aliphatic rings. The lowest BCUT2D eigenvalue weighted by atomic mass is 10.0. The van der Waals surface area contributed by atoms with Crippen molar-refractivity contribution in [2.75, 3.05) is 31.7 Å². The molecule has 0 spiro atoms. The van der Waals surface area contributed by atoms with Crippen LogP contribution in [-0.2, 0) is 9.59 Å². The van der Waals surface area contributed by atoms with Crippen LogP contribution >= 0.6 is 0 Å². The van der Waals surface area contributed by atoms with Crippen molar-refractivity contribution in [3.05, 3.63) is 48.0 Å². The van der Waals surface area contributed by atoms with E-state index in [1.54, 1.807) is 25.9 Å². The largest absolute Gasteiger partial charge is 0.497 e. The van der Waals surface area contributed by atoms with E-state index in [0.29, 0.717) is 30.3 Å². The minimum Gasteiger partial charge on any atom is -0.497 e. The third-order valence-corrected chi connectivity index (χ3v) is 4.85. The van der Waals surface area contributed by atoms with E-state index in [2.05, 4.69) is 5.32 Å². The van der Waals surface area contributed by atoms with Gasteiger partial charge in [0.15, 0.2) is 5.60 Å². The van der Waals surface area contributed by atoms with E-state index in [-0.39, 0.29) is 24.8 Å². The molecule has 3 rings (SSSR count). The molecule has 2 amide bonds. The number of nitrogens with one attached hydrogen (secondary N) is 1. The van der Waals surface area contributed by atoms with E-state index in [1.165, 1.54) is 0 Å². The molecule has 0 saturated carbocycles. The van der Waals surface area contributed by atoms with Crippen LogP contribution in [0.5, 0.6) is 17.2 Å². The van der Waals surface area contributed by atoms with Gasteiger partial charge < -0.3 is 24.4 Å². The lowest BCUT2D eigenvalue weighted by Crippen LogP contribution is -2.53. The average Bonchev–Trinajstić information content (AvgIpc) is 2.72. The lowest BCUT2D eigenvalue weighted by Gasteiger charge is -2.38. The molecular formula is C23H28N2O5. The minimum absolute atomic E-state index is 0.139. The number of benzene rings is 2. The highest BCUT2D eigenvalue weighted by atomic mass is 16.5. The maximum atomic E-state index is 12.8. The fourth-order valence-corrected chi connectivity index (χ4v) is 3.23. The van der Waals surface area contributed by atoms with Gasteiger partial charge in [-0.2, -0.15) is 0 Å². The number of rotatable bonds is 8. The Bertz CT molecular complexity index is 908. The minimum atomic E-state index is -0.967.